The van der Waals surface area contributed by atoms with E-state index in [0.717, 1.165) is 20.9 Å². The van der Waals surface area contributed by atoms with Crippen molar-refractivity contribution in [2.24, 2.45) is 0 Å². The average molecular weight is 386 g/mol. The number of nitrogens with zero attached hydrogens (tertiary/aromatic N) is 4. The van der Waals surface area contributed by atoms with E-state index in [4.69, 9.17) is 0 Å². The van der Waals surface area contributed by atoms with Crippen molar-refractivity contribution in [3.8, 4) is 0 Å². The molecule has 0 saturated heterocycles. The number of imidazole rings is 1. The fourth-order valence-electron chi connectivity index (χ4n) is 2.82. The van der Waals surface area contributed by atoms with E-state index < -0.39 is 4.92 Å². The van der Waals surface area contributed by atoms with Gasteiger partial charge < -0.3 is 4.90 Å². The van der Waals surface area contributed by atoms with Crippen molar-refractivity contribution in [2.75, 3.05) is 6.54 Å². The van der Waals surface area contributed by atoms with Crippen molar-refractivity contribution < 1.29 is 9.72 Å². The minimum Gasteiger partial charge on any atom is -0.334 e. The second kappa shape index (κ2) is 6.50. The van der Waals surface area contributed by atoms with Gasteiger partial charge >= 0.3 is 0 Å². The van der Waals surface area contributed by atoms with Crippen LogP contribution in [-0.4, -0.2) is 31.7 Å². The molecule has 4 aromatic rings. The molecular formula is C17H14N4O3S2. The fraction of sp³-hybridized carbons (Fsp3) is 0.176. The molecule has 7 nitrogen and oxygen atoms in total. The molecule has 9 heteroatoms. The second-order valence-corrected chi connectivity index (χ2v) is 7.62. The summed E-state index contributed by atoms with van der Waals surface area (Å²) in [5, 5.41) is 12.9. The Morgan fingerprint density at radius 2 is 2.23 bits per heavy atom. The molecule has 0 aliphatic heterocycles. The van der Waals surface area contributed by atoms with E-state index in [2.05, 4.69) is 4.98 Å². The van der Waals surface area contributed by atoms with Crippen molar-refractivity contribution in [3.63, 3.8) is 0 Å². The molecule has 0 aliphatic rings. The maximum Gasteiger partial charge on any atom is 0.269 e. The Morgan fingerprint density at radius 3 is 3.00 bits per heavy atom. The number of aromatic nitrogens is 2. The molecule has 1 aromatic carbocycles. The molecule has 26 heavy (non-hydrogen) atoms. The van der Waals surface area contributed by atoms with Crippen LogP contribution >= 0.6 is 22.7 Å². The Balaban J connectivity index is 1.61. The molecule has 1 amide bonds. The van der Waals surface area contributed by atoms with Crippen LogP contribution in [0.2, 0.25) is 0 Å². The SMILES string of the molecule is CCN(Cc1cccc([N+](=O)[O-])c1)C(=O)c1cc2c(nc3sccn32)s1. The van der Waals surface area contributed by atoms with Crippen LogP contribution in [0.1, 0.15) is 22.2 Å². The summed E-state index contributed by atoms with van der Waals surface area (Å²) in [5.41, 5.74) is 1.69. The number of nitro groups is 1. The largest absolute Gasteiger partial charge is 0.334 e. The summed E-state index contributed by atoms with van der Waals surface area (Å²) in [7, 11) is 0. The number of fused-ring (bicyclic) bond motifs is 3. The van der Waals surface area contributed by atoms with Gasteiger partial charge in [-0.3, -0.25) is 19.3 Å². The lowest BCUT2D eigenvalue weighted by atomic mass is 10.2. The van der Waals surface area contributed by atoms with Crippen LogP contribution in [0.15, 0.2) is 41.9 Å². The van der Waals surface area contributed by atoms with E-state index in [0.29, 0.717) is 18.0 Å². The average Bonchev–Trinajstić information content (AvgIpc) is 3.31. The molecule has 0 atom stereocenters. The number of non-ortho nitro benzene ring substituents is 1. The van der Waals surface area contributed by atoms with E-state index in [-0.39, 0.29) is 11.6 Å². The van der Waals surface area contributed by atoms with E-state index in [9.17, 15) is 14.9 Å². The molecule has 3 heterocycles. The summed E-state index contributed by atoms with van der Waals surface area (Å²) in [5.74, 6) is -0.0917. The second-order valence-electron chi connectivity index (χ2n) is 5.71. The van der Waals surface area contributed by atoms with Crippen LogP contribution in [-0.2, 0) is 6.54 Å². The van der Waals surface area contributed by atoms with E-state index in [1.165, 1.54) is 23.5 Å². The van der Waals surface area contributed by atoms with Crippen LogP contribution in [0.4, 0.5) is 5.69 Å². The van der Waals surface area contributed by atoms with Gasteiger partial charge in [-0.1, -0.05) is 12.1 Å². The highest BCUT2D eigenvalue weighted by atomic mass is 32.1. The van der Waals surface area contributed by atoms with Crippen LogP contribution in [0.25, 0.3) is 15.3 Å². The highest BCUT2D eigenvalue weighted by Gasteiger charge is 2.20. The topological polar surface area (TPSA) is 80.8 Å². The lowest BCUT2D eigenvalue weighted by molar-refractivity contribution is -0.384. The maximum atomic E-state index is 12.9. The number of thiophene rings is 1. The Bertz CT molecular complexity index is 1130. The summed E-state index contributed by atoms with van der Waals surface area (Å²) in [4.78, 5) is 32.0. The van der Waals surface area contributed by atoms with Crippen molar-refractivity contribution >= 4 is 49.6 Å². The number of amides is 1. The third-order valence-corrected chi connectivity index (χ3v) is 5.88. The predicted molar refractivity (Wildman–Crippen MR) is 102 cm³/mol. The van der Waals surface area contributed by atoms with Gasteiger partial charge in [-0.05, 0) is 18.6 Å². The third-order valence-electron chi connectivity index (χ3n) is 4.11. The smallest absolute Gasteiger partial charge is 0.269 e. The first-order chi connectivity index (χ1) is 12.6. The Kier molecular flexibility index (Phi) is 4.17. The van der Waals surface area contributed by atoms with Gasteiger partial charge in [0.25, 0.3) is 11.6 Å². The van der Waals surface area contributed by atoms with E-state index in [1.807, 2.05) is 29.0 Å². The molecule has 0 aliphatic carbocycles. The number of carbonyl (C=O) groups is 1. The number of thiazole rings is 1. The van der Waals surface area contributed by atoms with Crippen LogP contribution in [0.5, 0.6) is 0 Å². The first kappa shape index (κ1) is 16.7. The van der Waals surface area contributed by atoms with Crippen molar-refractivity contribution in [2.45, 2.75) is 13.5 Å². The minimum atomic E-state index is -0.428. The van der Waals surface area contributed by atoms with Crippen LogP contribution in [0, 0.1) is 10.1 Å². The normalized spacial score (nSPS) is 11.3. The molecule has 0 radical (unpaired) electrons. The molecule has 0 N–H and O–H groups in total. The number of nitro benzene ring substituents is 1. The number of benzene rings is 1. The highest BCUT2D eigenvalue weighted by molar-refractivity contribution is 7.21. The molecule has 0 bridgehead atoms. The van der Waals surface area contributed by atoms with Crippen LogP contribution in [0.3, 0.4) is 0 Å². The van der Waals surface area contributed by atoms with Crippen molar-refractivity contribution in [3.05, 3.63) is 62.5 Å². The third kappa shape index (κ3) is 2.85. The molecule has 4 rings (SSSR count). The van der Waals surface area contributed by atoms with Crippen molar-refractivity contribution in [1.82, 2.24) is 14.3 Å². The highest BCUT2D eigenvalue weighted by Crippen LogP contribution is 2.29. The summed E-state index contributed by atoms with van der Waals surface area (Å²) in [6, 6.07) is 8.25. The number of rotatable bonds is 5. The van der Waals surface area contributed by atoms with E-state index >= 15 is 0 Å². The standard InChI is InChI=1S/C17H14N4O3S2/c1-2-19(10-11-4-3-5-12(8-11)21(23)24)16(22)14-9-13-15(26-14)18-17-20(13)6-7-25-17/h3-9H,2,10H2,1H3. The summed E-state index contributed by atoms with van der Waals surface area (Å²) in [6.07, 6.45) is 1.94. The first-order valence-corrected chi connectivity index (χ1v) is 9.64. The van der Waals surface area contributed by atoms with Gasteiger partial charge in [0.2, 0.25) is 0 Å². The Morgan fingerprint density at radius 1 is 1.38 bits per heavy atom. The molecule has 0 spiro atoms. The summed E-state index contributed by atoms with van der Waals surface area (Å²) >= 11 is 2.93. The lowest BCUT2D eigenvalue weighted by Gasteiger charge is -2.20. The monoisotopic (exact) mass is 386 g/mol. The Labute approximate surface area is 156 Å². The zero-order valence-electron chi connectivity index (χ0n) is 13.8. The van der Waals surface area contributed by atoms with Crippen molar-refractivity contribution in [1.29, 1.82) is 0 Å². The summed E-state index contributed by atoms with van der Waals surface area (Å²) in [6.45, 7) is 2.73. The van der Waals surface area contributed by atoms with Crippen LogP contribution < -0.4 is 0 Å². The predicted octanol–water partition coefficient (Wildman–Crippen LogP) is 4.18. The minimum absolute atomic E-state index is 0.0290. The number of carbonyl (C=O) groups excluding carboxylic acids is 1. The molecule has 0 saturated carbocycles. The molecule has 0 unspecified atom stereocenters. The summed E-state index contributed by atoms with van der Waals surface area (Å²) < 4.78 is 1.98. The van der Waals surface area contributed by atoms with Gasteiger partial charge in [0.05, 0.1) is 15.3 Å². The maximum absolute atomic E-state index is 12.9. The Hall–Kier alpha value is -2.78. The zero-order chi connectivity index (χ0) is 18.3. The van der Waals surface area contributed by atoms with Gasteiger partial charge in [0.15, 0.2) is 4.96 Å². The fourth-order valence-corrected chi connectivity index (χ4v) is 4.59. The molecular weight excluding hydrogens is 372 g/mol. The molecule has 3 aromatic heterocycles. The lowest BCUT2D eigenvalue weighted by Crippen LogP contribution is -2.29. The van der Waals surface area contributed by atoms with Gasteiger partial charge in [0, 0.05) is 36.8 Å². The number of hydrogen-bond acceptors (Lipinski definition) is 6. The van der Waals surface area contributed by atoms with E-state index in [1.54, 1.807) is 28.4 Å². The zero-order valence-corrected chi connectivity index (χ0v) is 15.4. The molecule has 0 fully saturated rings. The number of hydrogen-bond donors (Lipinski definition) is 0. The first-order valence-electron chi connectivity index (χ1n) is 7.94. The molecule has 132 valence electrons. The van der Waals surface area contributed by atoms with Gasteiger partial charge in [-0.15, -0.1) is 22.7 Å². The van der Waals surface area contributed by atoms with Gasteiger partial charge in [0.1, 0.15) is 4.83 Å². The quantitative estimate of drug-likeness (QED) is 0.381. The van der Waals surface area contributed by atoms with Gasteiger partial charge in [-0.25, -0.2) is 4.98 Å². The van der Waals surface area contributed by atoms with Gasteiger partial charge in [-0.2, -0.15) is 0 Å².